The van der Waals surface area contributed by atoms with Crippen LogP contribution in [-0.2, 0) is 0 Å². The van der Waals surface area contributed by atoms with Crippen molar-refractivity contribution in [1.29, 1.82) is 0 Å². The molecule has 4 rings (SSSR count). The van der Waals surface area contributed by atoms with Gasteiger partial charge in [-0.05, 0) is 49.7 Å². The van der Waals surface area contributed by atoms with Crippen LogP contribution in [0.15, 0.2) is 36.4 Å². The van der Waals surface area contributed by atoms with Crippen LogP contribution < -0.4 is 5.32 Å². The predicted molar refractivity (Wildman–Crippen MR) is 83.4 cm³/mol. The molecular weight excluding hydrogens is 278 g/mol. The third kappa shape index (κ3) is 2.58. The molecule has 1 aromatic carbocycles. The van der Waals surface area contributed by atoms with Crippen molar-refractivity contribution in [1.82, 2.24) is 9.78 Å². The SMILES string of the molecule is O=C(O)c1cc(NC(C2CC2)C2CC2)n(-c2ccccc2)n1. The normalized spacial score (nSPS) is 17.7. The molecule has 22 heavy (non-hydrogen) atoms. The second-order valence-electron chi connectivity index (χ2n) is 6.31. The Hall–Kier alpha value is -2.30. The van der Waals surface area contributed by atoms with E-state index in [2.05, 4.69) is 10.4 Å². The van der Waals surface area contributed by atoms with Crippen molar-refractivity contribution in [3.8, 4) is 5.69 Å². The first-order valence-electron chi connectivity index (χ1n) is 7.87. The summed E-state index contributed by atoms with van der Waals surface area (Å²) in [4.78, 5) is 11.3. The maximum atomic E-state index is 11.3. The molecule has 1 heterocycles. The summed E-state index contributed by atoms with van der Waals surface area (Å²) < 4.78 is 1.71. The summed E-state index contributed by atoms with van der Waals surface area (Å²) in [6.45, 7) is 0. The first-order valence-corrected chi connectivity index (χ1v) is 7.87. The molecule has 2 aliphatic carbocycles. The summed E-state index contributed by atoms with van der Waals surface area (Å²) >= 11 is 0. The zero-order chi connectivity index (χ0) is 15.1. The van der Waals surface area contributed by atoms with Gasteiger partial charge in [-0.3, -0.25) is 0 Å². The Kier molecular flexibility index (Phi) is 3.13. The molecule has 2 aromatic rings. The number of hydrogen-bond acceptors (Lipinski definition) is 3. The number of benzene rings is 1. The monoisotopic (exact) mass is 297 g/mol. The molecule has 2 aliphatic rings. The van der Waals surface area contributed by atoms with Gasteiger partial charge in [-0.15, -0.1) is 0 Å². The quantitative estimate of drug-likeness (QED) is 0.859. The van der Waals surface area contributed by atoms with E-state index in [1.807, 2.05) is 30.3 Å². The van der Waals surface area contributed by atoms with Gasteiger partial charge in [-0.1, -0.05) is 18.2 Å². The Balaban J connectivity index is 1.68. The van der Waals surface area contributed by atoms with Crippen molar-refractivity contribution in [3.05, 3.63) is 42.1 Å². The van der Waals surface area contributed by atoms with E-state index >= 15 is 0 Å². The maximum Gasteiger partial charge on any atom is 0.356 e. The van der Waals surface area contributed by atoms with E-state index in [1.54, 1.807) is 10.7 Å². The summed E-state index contributed by atoms with van der Waals surface area (Å²) in [6, 6.07) is 11.8. The standard InChI is InChI=1S/C17H19N3O2/c21-17(22)14-10-15(18-16(11-6-7-11)12-8-9-12)20(19-14)13-4-2-1-3-5-13/h1-5,10-12,16,18H,6-9H2,(H,21,22). The van der Waals surface area contributed by atoms with Gasteiger partial charge in [0.2, 0.25) is 0 Å². The van der Waals surface area contributed by atoms with Gasteiger partial charge in [0.15, 0.2) is 5.69 Å². The predicted octanol–water partition coefficient (Wildman–Crippen LogP) is 3.17. The molecule has 0 spiro atoms. The number of carboxylic acid groups (broad SMARTS) is 1. The third-order valence-corrected chi connectivity index (χ3v) is 4.50. The third-order valence-electron chi connectivity index (χ3n) is 4.50. The van der Waals surface area contributed by atoms with Crippen molar-refractivity contribution in [3.63, 3.8) is 0 Å². The lowest BCUT2D eigenvalue weighted by molar-refractivity contribution is 0.0690. The summed E-state index contributed by atoms with van der Waals surface area (Å²) in [5.74, 6) is 1.26. The minimum Gasteiger partial charge on any atom is -0.476 e. The zero-order valence-corrected chi connectivity index (χ0v) is 12.3. The second kappa shape index (κ2) is 5.16. The van der Waals surface area contributed by atoms with E-state index in [4.69, 9.17) is 0 Å². The number of anilines is 1. The number of carboxylic acids is 1. The molecule has 0 amide bonds. The number of hydrogen-bond donors (Lipinski definition) is 2. The lowest BCUT2D eigenvalue weighted by atomic mass is 10.1. The molecule has 5 nitrogen and oxygen atoms in total. The molecule has 5 heteroatoms. The lowest BCUT2D eigenvalue weighted by Crippen LogP contribution is -2.25. The van der Waals surface area contributed by atoms with Gasteiger partial charge in [-0.2, -0.15) is 5.10 Å². The molecule has 0 radical (unpaired) electrons. The number of aromatic nitrogens is 2. The highest BCUT2D eigenvalue weighted by molar-refractivity contribution is 5.86. The molecule has 2 fully saturated rings. The Bertz CT molecular complexity index is 675. The van der Waals surface area contributed by atoms with Crippen molar-refractivity contribution in [2.45, 2.75) is 31.7 Å². The number of nitrogens with zero attached hydrogens (tertiary/aromatic N) is 2. The fraction of sp³-hybridized carbons (Fsp3) is 0.412. The Labute approximate surface area is 129 Å². The van der Waals surface area contributed by atoms with Gasteiger partial charge in [0, 0.05) is 12.1 Å². The highest BCUT2D eigenvalue weighted by Gasteiger charge is 2.42. The summed E-state index contributed by atoms with van der Waals surface area (Å²) in [6.07, 6.45) is 5.11. The van der Waals surface area contributed by atoms with E-state index in [9.17, 15) is 9.90 Å². The van der Waals surface area contributed by atoms with Crippen LogP contribution in [0.5, 0.6) is 0 Å². The summed E-state index contributed by atoms with van der Waals surface area (Å²) in [5, 5.41) is 17.1. The molecule has 0 bridgehead atoms. The van der Waals surface area contributed by atoms with Gasteiger partial charge >= 0.3 is 5.97 Å². The minimum atomic E-state index is -0.993. The summed E-state index contributed by atoms with van der Waals surface area (Å²) in [5.41, 5.74) is 0.958. The smallest absolute Gasteiger partial charge is 0.356 e. The summed E-state index contributed by atoms with van der Waals surface area (Å²) in [7, 11) is 0. The van der Waals surface area contributed by atoms with E-state index < -0.39 is 5.97 Å². The Morgan fingerprint density at radius 1 is 1.18 bits per heavy atom. The van der Waals surface area contributed by atoms with E-state index in [1.165, 1.54) is 25.7 Å². The van der Waals surface area contributed by atoms with Crippen LogP contribution >= 0.6 is 0 Å². The van der Waals surface area contributed by atoms with E-state index in [-0.39, 0.29) is 5.69 Å². The van der Waals surface area contributed by atoms with Crippen LogP contribution in [0.1, 0.15) is 36.2 Å². The molecule has 114 valence electrons. The van der Waals surface area contributed by atoms with Crippen molar-refractivity contribution in [2.24, 2.45) is 11.8 Å². The maximum absolute atomic E-state index is 11.3. The fourth-order valence-corrected chi connectivity index (χ4v) is 3.06. The molecule has 2 N–H and O–H groups in total. The molecule has 0 aliphatic heterocycles. The minimum absolute atomic E-state index is 0.0803. The zero-order valence-electron chi connectivity index (χ0n) is 12.3. The number of rotatable bonds is 6. The average Bonchev–Trinajstić information content (AvgIpc) is 3.44. The van der Waals surface area contributed by atoms with Crippen molar-refractivity contribution in [2.75, 3.05) is 5.32 Å². The number of carbonyl (C=O) groups is 1. The highest BCUT2D eigenvalue weighted by Crippen LogP contribution is 2.46. The number of nitrogens with one attached hydrogen (secondary N) is 1. The first kappa shape index (κ1) is 13.4. The van der Waals surface area contributed by atoms with Crippen LogP contribution in [0.3, 0.4) is 0 Å². The van der Waals surface area contributed by atoms with Crippen LogP contribution in [0.2, 0.25) is 0 Å². The number of aromatic carboxylic acids is 1. The topological polar surface area (TPSA) is 67.2 Å². The highest BCUT2D eigenvalue weighted by atomic mass is 16.4. The van der Waals surface area contributed by atoms with Crippen LogP contribution in [0, 0.1) is 11.8 Å². The van der Waals surface area contributed by atoms with Crippen molar-refractivity contribution >= 4 is 11.8 Å². The van der Waals surface area contributed by atoms with Gasteiger partial charge < -0.3 is 10.4 Å². The Morgan fingerprint density at radius 3 is 2.36 bits per heavy atom. The van der Waals surface area contributed by atoms with Crippen LogP contribution in [0.25, 0.3) is 5.69 Å². The molecule has 2 saturated carbocycles. The lowest BCUT2D eigenvalue weighted by Gasteiger charge is -2.19. The van der Waals surface area contributed by atoms with Crippen LogP contribution in [0.4, 0.5) is 5.82 Å². The molecule has 0 saturated heterocycles. The number of para-hydroxylation sites is 1. The molecule has 0 atom stereocenters. The van der Waals surface area contributed by atoms with Gasteiger partial charge in [0.1, 0.15) is 5.82 Å². The van der Waals surface area contributed by atoms with E-state index in [0.717, 1.165) is 23.3 Å². The second-order valence-corrected chi connectivity index (χ2v) is 6.31. The van der Waals surface area contributed by atoms with Gasteiger partial charge in [0.25, 0.3) is 0 Å². The van der Waals surface area contributed by atoms with Gasteiger partial charge in [0.05, 0.1) is 5.69 Å². The molecule has 1 aromatic heterocycles. The van der Waals surface area contributed by atoms with Crippen molar-refractivity contribution < 1.29 is 9.90 Å². The molecular formula is C17H19N3O2. The van der Waals surface area contributed by atoms with E-state index in [0.29, 0.717) is 6.04 Å². The Morgan fingerprint density at radius 2 is 1.82 bits per heavy atom. The van der Waals surface area contributed by atoms with Gasteiger partial charge in [-0.25, -0.2) is 9.48 Å². The average molecular weight is 297 g/mol. The fourth-order valence-electron chi connectivity index (χ4n) is 3.06. The van der Waals surface area contributed by atoms with Crippen LogP contribution in [-0.4, -0.2) is 26.9 Å². The first-order chi connectivity index (χ1) is 10.7. The molecule has 0 unspecified atom stereocenters. The largest absolute Gasteiger partial charge is 0.476 e.